The summed E-state index contributed by atoms with van der Waals surface area (Å²) in [5, 5.41) is 53.3. The molecule has 2 aliphatic heterocycles. The Bertz CT molecular complexity index is 3160. The van der Waals surface area contributed by atoms with E-state index in [1.165, 1.54) is 41.7 Å². The lowest BCUT2D eigenvalue weighted by atomic mass is 9.98. The van der Waals surface area contributed by atoms with E-state index < -0.39 is 114 Å². The molecule has 2 aromatic carbocycles. The van der Waals surface area contributed by atoms with Gasteiger partial charge in [0.15, 0.2) is 5.96 Å². The maximum Gasteiger partial charge on any atom is 0.300 e. The Morgan fingerprint density at radius 2 is 1.25 bits per heavy atom. The molecule has 30 heteroatoms. The number of hydrogen-bond donors (Lipinski definition) is 16. The Morgan fingerprint density at radius 1 is 0.703 bits per heavy atom. The zero-order chi connectivity index (χ0) is 66.9. The van der Waals surface area contributed by atoms with Gasteiger partial charge in [0.05, 0.1) is 12.9 Å². The zero-order valence-electron chi connectivity index (χ0n) is 52.1. The van der Waals surface area contributed by atoms with Crippen LogP contribution in [0.15, 0.2) is 72.2 Å². The number of carbonyl (C=O) groups is 11. The first-order valence-electron chi connectivity index (χ1n) is 30.4. The Kier molecular flexibility index (Phi) is 28.2. The number of nitrogens with zero attached hydrogens (tertiary/aromatic N) is 3. The molecule has 0 saturated carbocycles. The van der Waals surface area contributed by atoms with E-state index in [1.54, 1.807) is 45.2 Å². The predicted molar refractivity (Wildman–Crippen MR) is 333 cm³/mol. The van der Waals surface area contributed by atoms with Gasteiger partial charge in [0.25, 0.3) is 5.97 Å². The minimum atomic E-state index is -1.75. The first-order valence-corrected chi connectivity index (χ1v) is 30.4. The summed E-state index contributed by atoms with van der Waals surface area (Å²) in [4.78, 5) is 164. The number of aliphatic hydroxyl groups is 1. The molecule has 0 spiro atoms. The molecular formula is C61H88N16O14. The van der Waals surface area contributed by atoms with Gasteiger partial charge in [-0.25, -0.2) is 4.98 Å². The average molecular weight is 1270 g/mol. The average Bonchev–Trinajstić information content (AvgIpc) is 2.04. The van der Waals surface area contributed by atoms with Crippen LogP contribution in [0.4, 0.5) is 0 Å². The van der Waals surface area contributed by atoms with Gasteiger partial charge in [0, 0.05) is 81.2 Å². The van der Waals surface area contributed by atoms with Crippen molar-refractivity contribution in [2.24, 2.45) is 28.3 Å². The highest BCUT2D eigenvalue weighted by Crippen LogP contribution is 2.22. The van der Waals surface area contributed by atoms with Crippen LogP contribution in [-0.4, -0.2) is 187 Å². The number of nitrogens with one attached hydrogen (secondary N) is 11. The van der Waals surface area contributed by atoms with Crippen molar-refractivity contribution in [3.8, 4) is 5.75 Å². The van der Waals surface area contributed by atoms with Crippen molar-refractivity contribution in [1.29, 1.82) is 0 Å². The lowest BCUT2D eigenvalue weighted by molar-refractivity contribution is -0.142. The second-order valence-electron chi connectivity index (χ2n) is 23.3. The molecule has 0 unspecified atom stereocenters. The number of aromatic hydroxyl groups is 1. The van der Waals surface area contributed by atoms with Gasteiger partial charge in [0.2, 0.25) is 59.1 Å². The number of para-hydroxylation sites is 1. The van der Waals surface area contributed by atoms with Gasteiger partial charge in [-0.2, -0.15) is 0 Å². The number of phenols is 1. The second-order valence-corrected chi connectivity index (χ2v) is 23.3. The van der Waals surface area contributed by atoms with E-state index in [1.807, 2.05) is 19.9 Å². The molecule has 18 N–H and O–H groups in total. The molecule has 10 amide bonds. The molecular weight excluding hydrogens is 1180 g/mol. The van der Waals surface area contributed by atoms with Crippen molar-refractivity contribution in [2.75, 3.05) is 26.2 Å². The highest BCUT2D eigenvalue weighted by molar-refractivity contribution is 5.99. The number of aliphatic imine (C=N–C) groups is 1. The highest BCUT2D eigenvalue weighted by atomic mass is 16.4. The van der Waals surface area contributed by atoms with Gasteiger partial charge < -0.3 is 89.5 Å². The van der Waals surface area contributed by atoms with E-state index >= 15 is 0 Å². The van der Waals surface area contributed by atoms with E-state index in [0.29, 0.717) is 41.6 Å². The van der Waals surface area contributed by atoms with Crippen molar-refractivity contribution >= 4 is 81.9 Å². The minimum Gasteiger partial charge on any atom is -0.508 e. The number of carboxylic acids is 1. The number of rotatable bonds is 32. The van der Waals surface area contributed by atoms with Crippen LogP contribution in [0.25, 0.3) is 10.9 Å². The Morgan fingerprint density at radius 3 is 1.80 bits per heavy atom. The molecule has 2 aromatic heterocycles. The normalized spacial score (nSPS) is 16.7. The summed E-state index contributed by atoms with van der Waals surface area (Å²) in [7, 11) is 0. The number of imidazole rings is 1. The number of nitrogens with two attached hydrogens (primary N) is 2. The topological polar surface area (TPSA) is 469 Å². The lowest BCUT2D eigenvalue weighted by Gasteiger charge is -2.31. The molecule has 0 bridgehead atoms. The number of aliphatic carboxylic acids is 1. The van der Waals surface area contributed by atoms with Crippen LogP contribution in [0.3, 0.4) is 0 Å². The summed E-state index contributed by atoms with van der Waals surface area (Å²) in [6.07, 6.45) is 5.80. The van der Waals surface area contributed by atoms with Gasteiger partial charge in [-0.05, 0) is 93.0 Å². The fraction of sp³-hybridized carbons (Fsp3) is 0.525. The number of H-pyrrole nitrogens is 2. The van der Waals surface area contributed by atoms with Crippen LogP contribution in [-0.2, 0) is 72.0 Å². The summed E-state index contributed by atoms with van der Waals surface area (Å²) < 4.78 is 0. The van der Waals surface area contributed by atoms with Gasteiger partial charge in [-0.15, -0.1) is 0 Å². The van der Waals surface area contributed by atoms with E-state index in [2.05, 4.69) is 67.8 Å². The quantitative estimate of drug-likeness (QED) is 0.0153. The number of benzene rings is 2. The van der Waals surface area contributed by atoms with Crippen molar-refractivity contribution < 1.29 is 68.1 Å². The standard InChI is InChI=1S/C59H84N16O12.C2H4O2/c1-6-63-57(86)48-14-10-22-75(48)58(87)41(13-9-21-64-59(60)61)68-51(80)42(23-32(2)3)69-52(81)43(24-33(4)5)70-53(82)44(25-34-15-17-37(77)18-16-34)71-56(85)47(30-76)74-54(83)45(26-35-28-65-39-12-8-7-11-38(35)39)72-55(84)46(27-36-29-62-31-66-36)73-50(79)40-19-20-49(78)67-40;1-2(3)4/h7-8,11-12,15-18,28-29,31-33,40-48,65,76-77H,6,9-10,13-14,19-27,30H2,1-5H3,(H,62,66)(H,63,86)(H,67,78)(H,68,80)(H,69,81)(H,70,82)(H,71,85)(H,72,84)(H,73,79)(H,74,83)(H4,60,61,64);1H3,(H,3,4)/t40-,41-,42+,43+,44-,45-,46-,47-,48-;/m0./s1. The van der Waals surface area contributed by atoms with Gasteiger partial charge >= 0.3 is 0 Å². The second kappa shape index (κ2) is 35.5. The Balaban J connectivity index is 0.00000365. The number of hydrogen-bond acceptors (Lipinski definition) is 15. The van der Waals surface area contributed by atoms with Crippen LogP contribution < -0.4 is 59.3 Å². The van der Waals surface area contributed by atoms with Crippen molar-refractivity contribution in [2.45, 2.75) is 167 Å². The van der Waals surface area contributed by atoms with Crippen LogP contribution in [0, 0.1) is 11.8 Å². The number of fused-ring (bicyclic) bond motifs is 1. The molecule has 4 aromatic rings. The summed E-state index contributed by atoms with van der Waals surface area (Å²) in [6.45, 7) is 9.91. The van der Waals surface area contributed by atoms with Crippen molar-refractivity contribution in [3.63, 3.8) is 0 Å². The van der Waals surface area contributed by atoms with Gasteiger partial charge in [-0.3, -0.25) is 57.7 Å². The Labute approximate surface area is 526 Å². The largest absolute Gasteiger partial charge is 0.508 e. The van der Waals surface area contributed by atoms with Crippen LogP contribution in [0.5, 0.6) is 5.75 Å². The zero-order valence-corrected chi connectivity index (χ0v) is 52.1. The number of carbonyl (C=O) groups excluding carboxylic acids is 10. The maximum atomic E-state index is 14.7. The van der Waals surface area contributed by atoms with Crippen LogP contribution >= 0.6 is 0 Å². The molecule has 9 atom stereocenters. The molecule has 30 nitrogen and oxygen atoms in total. The minimum absolute atomic E-state index is 0.0397. The number of carboxylic acid groups (broad SMARTS) is 1. The van der Waals surface area contributed by atoms with E-state index in [0.717, 1.165) is 12.4 Å². The molecule has 4 heterocycles. The summed E-state index contributed by atoms with van der Waals surface area (Å²) in [5.41, 5.74) is 13.3. The summed E-state index contributed by atoms with van der Waals surface area (Å²) in [5.74, 6) is -8.39. The molecule has 2 aliphatic rings. The number of aliphatic hydroxyl groups excluding tert-OH is 1. The fourth-order valence-electron chi connectivity index (χ4n) is 10.5. The lowest BCUT2D eigenvalue weighted by Crippen LogP contribution is -2.61. The molecule has 496 valence electrons. The number of aromatic amines is 2. The van der Waals surface area contributed by atoms with Crippen molar-refractivity contribution in [1.82, 2.24) is 67.7 Å². The predicted octanol–water partition coefficient (Wildman–Crippen LogP) is -1.35. The number of guanidine groups is 1. The van der Waals surface area contributed by atoms with Crippen LogP contribution in [0.2, 0.25) is 0 Å². The summed E-state index contributed by atoms with van der Waals surface area (Å²) in [6, 6.07) is 1.58. The molecule has 0 aliphatic carbocycles. The highest BCUT2D eigenvalue weighted by Gasteiger charge is 2.40. The van der Waals surface area contributed by atoms with Crippen molar-refractivity contribution in [3.05, 3.63) is 84.1 Å². The summed E-state index contributed by atoms with van der Waals surface area (Å²) >= 11 is 0. The monoisotopic (exact) mass is 1270 g/mol. The number of likely N-dealkylation sites (N-methyl/N-ethyl adjacent to an activating group) is 1. The van der Waals surface area contributed by atoms with E-state index in [-0.39, 0.29) is 106 Å². The molecule has 0 radical (unpaired) electrons. The van der Waals surface area contributed by atoms with Gasteiger partial charge in [-0.1, -0.05) is 58.0 Å². The number of aromatic nitrogens is 3. The number of phenolic OH excluding ortho intramolecular Hbond substituents is 1. The Hall–Kier alpha value is -9.61. The van der Waals surface area contributed by atoms with Gasteiger partial charge in [0.1, 0.15) is 60.1 Å². The van der Waals surface area contributed by atoms with E-state index in [9.17, 15) is 58.2 Å². The smallest absolute Gasteiger partial charge is 0.300 e. The third-order valence-electron chi connectivity index (χ3n) is 14.9. The van der Waals surface area contributed by atoms with Crippen LogP contribution in [0.1, 0.15) is 110 Å². The number of likely N-dealkylation sites (tertiary alicyclic amines) is 1. The first-order chi connectivity index (χ1) is 43.3. The SMILES string of the molecule is CC(=O)O.CCNC(=O)[C@@H]1CCCN1C(=O)[C@H](CCCN=C(N)N)NC(=O)[C@@H](CC(C)C)NC(=O)[C@@H](CC(C)C)NC(=O)[C@H](Cc1ccc(O)cc1)NC(=O)[C@H](CO)NC(=O)[C@H](Cc1c[nH]c2ccccc12)NC(=O)[C@H](Cc1cnc[nH]1)NC(=O)[C@@H]1CCC(=O)N1. The number of amides is 10. The maximum absolute atomic E-state index is 14.7. The first kappa shape index (κ1) is 72.1. The third-order valence-corrected chi connectivity index (χ3v) is 14.9. The third kappa shape index (κ3) is 23.1. The fourth-order valence-corrected chi connectivity index (χ4v) is 10.5. The molecule has 2 saturated heterocycles. The molecule has 2 fully saturated rings. The van der Waals surface area contributed by atoms with E-state index in [4.69, 9.17) is 21.4 Å². The molecule has 91 heavy (non-hydrogen) atoms. The molecule has 6 rings (SSSR count).